The molecule has 1 saturated heterocycles. The van der Waals surface area contributed by atoms with E-state index in [4.69, 9.17) is 4.98 Å². The predicted octanol–water partition coefficient (Wildman–Crippen LogP) is 3.91. The van der Waals surface area contributed by atoms with Crippen LogP contribution in [0.3, 0.4) is 0 Å². The Bertz CT molecular complexity index is 871. The smallest absolute Gasteiger partial charge is 0.244 e. The van der Waals surface area contributed by atoms with Crippen molar-refractivity contribution < 1.29 is 4.79 Å². The van der Waals surface area contributed by atoms with Gasteiger partial charge in [-0.2, -0.15) is 4.98 Å². The first-order chi connectivity index (χ1) is 14.3. The Morgan fingerprint density at radius 3 is 2.52 bits per heavy atom. The second-order valence-corrected chi connectivity index (χ2v) is 8.26. The Morgan fingerprint density at radius 1 is 1.00 bits per heavy atom. The summed E-state index contributed by atoms with van der Waals surface area (Å²) in [6.07, 6.45) is 10.3. The Hall–Kier alpha value is -2.83. The molecular weight excluding hydrogens is 364 g/mol. The monoisotopic (exact) mass is 392 g/mol. The molecule has 0 radical (unpaired) electrons. The number of anilines is 5. The lowest BCUT2D eigenvalue weighted by atomic mass is 10.1. The van der Waals surface area contributed by atoms with Gasteiger partial charge in [0.1, 0.15) is 5.69 Å². The molecule has 0 bridgehead atoms. The summed E-state index contributed by atoms with van der Waals surface area (Å²) < 4.78 is 0. The van der Waals surface area contributed by atoms with E-state index in [0.29, 0.717) is 24.2 Å². The van der Waals surface area contributed by atoms with Crippen molar-refractivity contribution >= 4 is 34.7 Å². The number of benzene rings is 1. The van der Waals surface area contributed by atoms with Gasteiger partial charge >= 0.3 is 0 Å². The molecule has 152 valence electrons. The van der Waals surface area contributed by atoms with Gasteiger partial charge in [0.25, 0.3) is 0 Å². The number of carbonyl (C=O) groups is 1. The molecule has 2 N–H and O–H groups in total. The average Bonchev–Trinajstić information content (AvgIpc) is 3.29. The topological polar surface area (TPSA) is 73.4 Å². The number of piperidine rings is 1. The summed E-state index contributed by atoms with van der Waals surface area (Å²) in [7, 11) is 0. The third-order valence-electron chi connectivity index (χ3n) is 6.24. The third kappa shape index (κ3) is 3.86. The van der Waals surface area contributed by atoms with Crippen LogP contribution in [-0.2, 0) is 4.79 Å². The molecule has 0 atom stereocenters. The van der Waals surface area contributed by atoms with Crippen molar-refractivity contribution in [1.82, 2.24) is 9.97 Å². The van der Waals surface area contributed by atoms with Crippen LogP contribution in [0.2, 0.25) is 0 Å². The van der Waals surface area contributed by atoms with Gasteiger partial charge in [0.05, 0.1) is 12.7 Å². The lowest BCUT2D eigenvalue weighted by Gasteiger charge is -2.34. The Kier molecular flexibility index (Phi) is 4.96. The molecule has 2 aliphatic heterocycles. The quantitative estimate of drug-likeness (QED) is 0.822. The molecular formula is C22H28N6O. The second kappa shape index (κ2) is 7.89. The van der Waals surface area contributed by atoms with Gasteiger partial charge in [0, 0.05) is 30.5 Å². The SMILES string of the molecule is O=C1CN(C2CCCC2)c2nc(Nc3ccc(N4CCCCC4)cc3)ncc2N1. The lowest BCUT2D eigenvalue weighted by Crippen LogP contribution is -2.44. The zero-order valence-corrected chi connectivity index (χ0v) is 16.7. The van der Waals surface area contributed by atoms with E-state index in [9.17, 15) is 4.79 Å². The number of hydrogen-bond donors (Lipinski definition) is 2. The van der Waals surface area contributed by atoms with E-state index in [1.165, 1.54) is 37.8 Å². The summed E-state index contributed by atoms with van der Waals surface area (Å²) in [6, 6.07) is 8.90. The van der Waals surface area contributed by atoms with Crippen LogP contribution in [0.1, 0.15) is 44.9 Å². The number of nitrogens with one attached hydrogen (secondary N) is 2. The molecule has 1 saturated carbocycles. The minimum absolute atomic E-state index is 0.0158. The molecule has 1 aromatic heterocycles. The van der Waals surface area contributed by atoms with Gasteiger partial charge < -0.3 is 20.4 Å². The fraction of sp³-hybridized carbons (Fsp3) is 0.500. The van der Waals surface area contributed by atoms with Gasteiger partial charge in [-0.15, -0.1) is 0 Å². The van der Waals surface area contributed by atoms with E-state index in [1.807, 2.05) is 0 Å². The van der Waals surface area contributed by atoms with Crippen LogP contribution >= 0.6 is 0 Å². The number of fused-ring (bicyclic) bond motifs is 1. The number of nitrogens with zero attached hydrogens (tertiary/aromatic N) is 4. The highest BCUT2D eigenvalue weighted by Crippen LogP contribution is 2.34. The van der Waals surface area contributed by atoms with E-state index < -0.39 is 0 Å². The average molecular weight is 393 g/mol. The Balaban J connectivity index is 1.34. The second-order valence-electron chi connectivity index (χ2n) is 8.26. The number of hydrogen-bond acceptors (Lipinski definition) is 6. The van der Waals surface area contributed by atoms with Crippen molar-refractivity contribution in [3.63, 3.8) is 0 Å². The fourth-order valence-electron chi connectivity index (χ4n) is 4.71. The Morgan fingerprint density at radius 2 is 1.76 bits per heavy atom. The van der Waals surface area contributed by atoms with E-state index in [0.717, 1.165) is 37.4 Å². The lowest BCUT2D eigenvalue weighted by molar-refractivity contribution is -0.115. The maximum absolute atomic E-state index is 12.1. The normalized spacial score (nSPS) is 19.8. The van der Waals surface area contributed by atoms with Crippen LogP contribution in [0, 0.1) is 0 Å². The van der Waals surface area contributed by atoms with E-state index in [-0.39, 0.29) is 5.91 Å². The van der Waals surface area contributed by atoms with Crippen LogP contribution in [0.25, 0.3) is 0 Å². The molecule has 3 heterocycles. The molecule has 5 rings (SSSR count). The number of rotatable bonds is 4. The van der Waals surface area contributed by atoms with Gasteiger partial charge in [-0.1, -0.05) is 12.8 Å². The van der Waals surface area contributed by atoms with E-state index >= 15 is 0 Å². The zero-order chi connectivity index (χ0) is 19.6. The maximum Gasteiger partial charge on any atom is 0.244 e. The first-order valence-corrected chi connectivity index (χ1v) is 10.8. The van der Waals surface area contributed by atoms with Crippen LogP contribution in [0.5, 0.6) is 0 Å². The molecule has 0 unspecified atom stereocenters. The summed E-state index contributed by atoms with van der Waals surface area (Å²) in [5.74, 6) is 1.41. The number of amides is 1. The Labute approximate surface area is 171 Å². The standard InChI is InChI=1S/C22H28N6O/c29-20-15-28(18-6-2-3-7-18)21-19(25-20)14-23-22(26-21)24-16-8-10-17(11-9-16)27-12-4-1-5-13-27/h8-11,14,18H,1-7,12-13,15H2,(H,25,29)(H,23,24,26). The maximum atomic E-state index is 12.1. The molecule has 7 heteroatoms. The van der Waals surface area contributed by atoms with Crippen molar-refractivity contribution in [1.29, 1.82) is 0 Å². The van der Waals surface area contributed by atoms with Crippen LogP contribution in [0.4, 0.5) is 28.8 Å². The highest BCUT2D eigenvalue weighted by atomic mass is 16.2. The summed E-state index contributed by atoms with van der Waals surface area (Å²) >= 11 is 0. The summed E-state index contributed by atoms with van der Waals surface area (Å²) in [4.78, 5) is 25.9. The fourth-order valence-corrected chi connectivity index (χ4v) is 4.71. The summed E-state index contributed by atoms with van der Waals surface area (Å²) in [5, 5.41) is 6.24. The van der Waals surface area contributed by atoms with Crippen molar-refractivity contribution in [2.45, 2.75) is 51.0 Å². The van der Waals surface area contributed by atoms with Gasteiger partial charge in [-0.25, -0.2) is 4.98 Å². The van der Waals surface area contributed by atoms with Gasteiger partial charge in [0.2, 0.25) is 11.9 Å². The van der Waals surface area contributed by atoms with Crippen LogP contribution in [-0.4, -0.2) is 41.6 Å². The van der Waals surface area contributed by atoms with E-state index in [1.54, 1.807) is 6.20 Å². The largest absolute Gasteiger partial charge is 0.372 e. The summed E-state index contributed by atoms with van der Waals surface area (Å²) in [6.45, 7) is 2.66. The van der Waals surface area contributed by atoms with Gasteiger partial charge in [-0.3, -0.25) is 4.79 Å². The summed E-state index contributed by atoms with van der Waals surface area (Å²) in [5.41, 5.74) is 2.95. The molecule has 1 amide bonds. The number of aromatic nitrogens is 2. The molecule has 1 aromatic carbocycles. The zero-order valence-electron chi connectivity index (χ0n) is 16.7. The van der Waals surface area contributed by atoms with Crippen molar-refractivity contribution in [2.75, 3.05) is 40.1 Å². The van der Waals surface area contributed by atoms with Gasteiger partial charge in [-0.05, 0) is 56.4 Å². The molecule has 3 aliphatic rings. The van der Waals surface area contributed by atoms with Crippen molar-refractivity contribution in [2.24, 2.45) is 0 Å². The first-order valence-electron chi connectivity index (χ1n) is 10.8. The molecule has 1 aliphatic carbocycles. The minimum atomic E-state index is 0.0158. The third-order valence-corrected chi connectivity index (χ3v) is 6.24. The van der Waals surface area contributed by atoms with Crippen LogP contribution in [0.15, 0.2) is 30.5 Å². The van der Waals surface area contributed by atoms with E-state index in [2.05, 4.69) is 49.7 Å². The number of carbonyl (C=O) groups excluding carboxylic acids is 1. The van der Waals surface area contributed by atoms with Crippen molar-refractivity contribution in [3.8, 4) is 0 Å². The highest BCUT2D eigenvalue weighted by molar-refractivity contribution is 6.00. The molecule has 2 aromatic rings. The minimum Gasteiger partial charge on any atom is -0.372 e. The van der Waals surface area contributed by atoms with Gasteiger partial charge in [0.15, 0.2) is 5.82 Å². The molecule has 7 nitrogen and oxygen atoms in total. The molecule has 0 spiro atoms. The first kappa shape index (κ1) is 18.2. The van der Waals surface area contributed by atoms with Crippen LogP contribution < -0.4 is 20.4 Å². The molecule has 2 fully saturated rings. The molecule has 29 heavy (non-hydrogen) atoms. The highest BCUT2D eigenvalue weighted by Gasteiger charge is 2.31. The predicted molar refractivity (Wildman–Crippen MR) is 116 cm³/mol. The van der Waals surface area contributed by atoms with Crippen molar-refractivity contribution in [3.05, 3.63) is 30.5 Å².